The first-order chi connectivity index (χ1) is 8.91. The number of benzene rings is 1. The molecule has 0 amide bonds. The molecule has 0 aliphatic heterocycles. The Morgan fingerprint density at radius 1 is 1.32 bits per heavy atom. The smallest absolute Gasteiger partial charge is 0.243 e. The Bertz CT molecular complexity index is 506. The van der Waals surface area contributed by atoms with Crippen LogP contribution in [0.5, 0.6) is 5.75 Å². The molecule has 0 radical (unpaired) electrons. The second-order valence-electron chi connectivity index (χ2n) is 4.38. The van der Waals surface area contributed by atoms with Crippen LogP contribution in [0.2, 0.25) is 0 Å². The second-order valence-corrected chi connectivity index (χ2v) is 6.32. The van der Waals surface area contributed by atoms with E-state index in [1.807, 2.05) is 13.8 Å². The third kappa shape index (κ3) is 4.08. The lowest BCUT2D eigenvalue weighted by atomic mass is 10.3. The first-order valence-corrected chi connectivity index (χ1v) is 7.73. The number of hydrogen-bond donors (Lipinski definition) is 0. The molecule has 0 aliphatic rings. The van der Waals surface area contributed by atoms with Crippen molar-refractivity contribution in [1.29, 1.82) is 0 Å². The van der Waals surface area contributed by atoms with E-state index in [1.54, 1.807) is 37.3 Å². The van der Waals surface area contributed by atoms with Gasteiger partial charge in [-0.05, 0) is 38.1 Å². The topological polar surface area (TPSA) is 46.6 Å². The van der Waals surface area contributed by atoms with Crippen molar-refractivity contribution in [3.05, 3.63) is 36.9 Å². The summed E-state index contributed by atoms with van der Waals surface area (Å²) in [4.78, 5) is 0.271. The molecule has 19 heavy (non-hydrogen) atoms. The van der Waals surface area contributed by atoms with Crippen LogP contribution in [0.3, 0.4) is 0 Å². The molecule has 1 aromatic carbocycles. The molecule has 0 bridgehead atoms. The van der Waals surface area contributed by atoms with Crippen molar-refractivity contribution in [2.75, 3.05) is 13.1 Å². The van der Waals surface area contributed by atoms with E-state index in [1.165, 1.54) is 4.31 Å². The minimum absolute atomic E-state index is 0.0652. The average molecular weight is 283 g/mol. The molecule has 106 valence electrons. The number of likely N-dealkylation sites (N-methyl/N-ethyl adjacent to an activating group) is 1. The number of nitrogens with zero attached hydrogens (tertiary/aromatic N) is 1. The minimum atomic E-state index is -3.45. The number of ether oxygens (including phenoxy) is 1. The van der Waals surface area contributed by atoms with E-state index in [0.717, 1.165) is 0 Å². The van der Waals surface area contributed by atoms with Crippen molar-refractivity contribution in [2.24, 2.45) is 0 Å². The minimum Gasteiger partial charge on any atom is -0.491 e. The molecule has 0 fully saturated rings. The van der Waals surface area contributed by atoms with Crippen LogP contribution >= 0.6 is 0 Å². The second kappa shape index (κ2) is 6.73. The fourth-order valence-corrected chi connectivity index (χ4v) is 3.07. The quantitative estimate of drug-likeness (QED) is 0.723. The lowest BCUT2D eigenvalue weighted by Gasteiger charge is -2.19. The molecule has 0 aromatic heterocycles. The fraction of sp³-hybridized carbons (Fsp3) is 0.429. The van der Waals surface area contributed by atoms with Gasteiger partial charge in [0, 0.05) is 13.1 Å². The first kappa shape index (κ1) is 15.7. The van der Waals surface area contributed by atoms with Crippen molar-refractivity contribution in [3.63, 3.8) is 0 Å². The van der Waals surface area contributed by atoms with Crippen LogP contribution in [0.15, 0.2) is 41.8 Å². The van der Waals surface area contributed by atoms with Crippen LogP contribution in [0.4, 0.5) is 0 Å². The zero-order valence-electron chi connectivity index (χ0n) is 11.7. The zero-order chi connectivity index (χ0) is 14.5. The summed E-state index contributed by atoms with van der Waals surface area (Å²) in [6.07, 6.45) is 1.65. The highest BCUT2D eigenvalue weighted by molar-refractivity contribution is 7.89. The Morgan fingerprint density at radius 3 is 2.32 bits per heavy atom. The molecular formula is C14H21NO3S. The Hall–Kier alpha value is -1.33. The molecular weight excluding hydrogens is 262 g/mol. The van der Waals surface area contributed by atoms with Gasteiger partial charge in [0.2, 0.25) is 10.0 Å². The molecule has 5 heteroatoms. The first-order valence-electron chi connectivity index (χ1n) is 6.29. The van der Waals surface area contributed by atoms with Gasteiger partial charge in [0.25, 0.3) is 0 Å². The van der Waals surface area contributed by atoms with Gasteiger partial charge in [-0.2, -0.15) is 4.31 Å². The van der Waals surface area contributed by atoms with Gasteiger partial charge >= 0.3 is 0 Å². The normalized spacial score (nSPS) is 11.8. The summed E-state index contributed by atoms with van der Waals surface area (Å²) in [5.41, 5.74) is 0. The summed E-state index contributed by atoms with van der Waals surface area (Å²) in [5.74, 6) is 0.667. The van der Waals surface area contributed by atoms with Crippen LogP contribution in [0.25, 0.3) is 0 Å². The highest BCUT2D eigenvalue weighted by Gasteiger charge is 2.21. The summed E-state index contributed by atoms with van der Waals surface area (Å²) in [6, 6.07) is 6.49. The van der Waals surface area contributed by atoms with Crippen molar-refractivity contribution < 1.29 is 13.2 Å². The molecule has 0 N–H and O–H groups in total. The molecule has 0 atom stereocenters. The summed E-state index contributed by atoms with van der Waals surface area (Å²) in [7, 11) is -3.45. The van der Waals surface area contributed by atoms with Gasteiger partial charge in [0.1, 0.15) is 5.75 Å². The maximum atomic E-state index is 12.3. The van der Waals surface area contributed by atoms with E-state index in [2.05, 4.69) is 6.58 Å². The van der Waals surface area contributed by atoms with Crippen LogP contribution in [0.1, 0.15) is 20.8 Å². The lowest BCUT2D eigenvalue weighted by Crippen LogP contribution is -2.30. The predicted octanol–water partition coefficient (Wildman–Crippen LogP) is 2.67. The Labute approximate surface area is 115 Å². The summed E-state index contributed by atoms with van der Waals surface area (Å²) in [5, 5.41) is 0. The largest absolute Gasteiger partial charge is 0.491 e. The maximum absolute atomic E-state index is 12.3. The fourth-order valence-electron chi connectivity index (χ4n) is 1.65. The van der Waals surface area contributed by atoms with E-state index in [4.69, 9.17) is 4.74 Å². The van der Waals surface area contributed by atoms with Gasteiger partial charge in [-0.25, -0.2) is 8.42 Å². The van der Waals surface area contributed by atoms with Crippen LogP contribution in [0, 0.1) is 0 Å². The van der Waals surface area contributed by atoms with E-state index in [-0.39, 0.29) is 11.0 Å². The number of sulfonamides is 1. The summed E-state index contributed by atoms with van der Waals surface area (Å²) < 4.78 is 31.5. The van der Waals surface area contributed by atoms with Gasteiger partial charge in [-0.3, -0.25) is 0 Å². The van der Waals surface area contributed by atoms with Crippen molar-refractivity contribution in [3.8, 4) is 5.75 Å². The van der Waals surface area contributed by atoms with Crippen LogP contribution < -0.4 is 4.74 Å². The summed E-state index contributed by atoms with van der Waals surface area (Å²) >= 11 is 0. The molecule has 0 spiro atoms. The Balaban J connectivity index is 2.98. The maximum Gasteiger partial charge on any atom is 0.243 e. The highest BCUT2D eigenvalue weighted by Crippen LogP contribution is 2.20. The van der Waals surface area contributed by atoms with Crippen LogP contribution in [-0.2, 0) is 10.0 Å². The van der Waals surface area contributed by atoms with Crippen molar-refractivity contribution >= 4 is 10.0 Å². The highest BCUT2D eigenvalue weighted by atomic mass is 32.2. The van der Waals surface area contributed by atoms with Crippen molar-refractivity contribution in [1.82, 2.24) is 4.31 Å². The summed E-state index contributed by atoms with van der Waals surface area (Å²) in [6.45, 7) is 9.95. The zero-order valence-corrected chi connectivity index (χ0v) is 12.5. The van der Waals surface area contributed by atoms with Gasteiger partial charge in [-0.1, -0.05) is 13.0 Å². The number of hydrogen-bond acceptors (Lipinski definition) is 3. The van der Waals surface area contributed by atoms with Gasteiger partial charge in [0.05, 0.1) is 11.0 Å². The molecule has 1 aromatic rings. The van der Waals surface area contributed by atoms with E-state index < -0.39 is 10.0 Å². The van der Waals surface area contributed by atoms with E-state index >= 15 is 0 Å². The van der Waals surface area contributed by atoms with E-state index in [0.29, 0.717) is 18.8 Å². The SMILES string of the molecule is C=CCN(CC)S(=O)(=O)c1ccc(OC(C)C)cc1. The van der Waals surface area contributed by atoms with Gasteiger partial charge in [-0.15, -0.1) is 6.58 Å². The third-order valence-electron chi connectivity index (χ3n) is 2.52. The lowest BCUT2D eigenvalue weighted by molar-refractivity contribution is 0.242. The monoisotopic (exact) mass is 283 g/mol. The molecule has 4 nitrogen and oxygen atoms in total. The molecule has 1 rings (SSSR count). The van der Waals surface area contributed by atoms with Crippen LogP contribution in [-0.4, -0.2) is 31.9 Å². The molecule has 0 saturated heterocycles. The van der Waals surface area contributed by atoms with Crippen molar-refractivity contribution in [2.45, 2.75) is 31.8 Å². The Kier molecular flexibility index (Phi) is 5.57. The predicted molar refractivity (Wildman–Crippen MR) is 76.8 cm³/mol. The Morgan fingerprint density at radius 2 is 1.89 bits per heavy atom. The molecule has 0 aliphatic carbocycles. The molecule has 0 saturated carbocycles. The standard InChI is InChI=1S/C14H21NO3S/c1-5-11-15(6-2)19(16,17)14-9-7-13(8-10-14)18-12(3)4/h5,7-10,12H,1,6,11H2,2-4H3. The molecule has 0 heterocycles. The third-order valence-corrected chi connectivity index (χ3v) is 4.47. The van der Waals surface area contributed by atoms with Gasteiger partial charge < -0.3 is 4.74 Å². The van der Waals surface area contributed by atoms with E-state index in [9.17, 15) is 8.42 Å². The van der Waals surface area contributed by atoms with Gasteiger partial charge in [0.15, 0.2) is 0 Å². The number of rotatable bonds is 7. The average Bonchev–Trinajstić information content (AvgIpc) is 2.35. The molecule has 0 unspecified atom stereocenters.